The van der Waals surface area contributed by atoms with E-state index in [0.717, 1.165) is 42.2 Å². The number of nitrogens with one attached hydrogen (secondary N) is 1. The summed E-state index contributed by atoms with van der Waals surface area (Å²) in [6.45, 7) is 3.50. The number of nitrogens with zero attached hydrogens (tertiary/aromatic N) is 8. The Labute approximate surface area is 229 Å². The molecule has 1 amide bonds. The zero-order valence-corrected chi connectivity index (χ0v) is 22.1. The van der Waals surface area contributed by atoms with Gasteiger partial charge in [0, 0.05) is 44.8 Å². The predicted octanol–water partition coefficient (Wildman–Crippen LogP) is 2.93. The van der Waals surface area contributed by atoms with Crippen LogP contribution in [0, 0.1) is 0 Å². The van der Waals surface area contributed by atoms with E-state index in [2.05, 4.69) is 35.5 Å². The van der Waals surface area contributed by atoms with Crippen molar-refractivity contribution in [3.63, 3.8) is 0 Å². The topological polar surface area (TPSA) is 97.0 Å². The molecule has 40 heavy (non-hydrogen) atoms. The predicted molar refractivity (Wildman–Crippen MR) is 142 cm³/mol. The van der Waals surface area contributed by atoms with Crippen LogP contribution in [0.15, 0.2) is 61.3 Å². The van der Waals surface area contributed by atoms with Gasteiger partial charge in [0.2, 0.25) is 5.91 Å². The summed E-state index contributed by atoms with van der Waals surface area (Å²) in [5.41, 5.74) is 2.85. The van der Waals surface area contributed by atoms with Gasteiger partial charge in [-0.2, -0.15) is 18.3 Å². The van der Waals surface area contributed by atoms with Crippen LogP contribution in [-0.2, 0) is 30.5 Å². The van der Waals surface area contributed by atoms with Crippen LogP contribution in [0.2, 0.25) is 0 Å². The summed E-state index contributed by atoms with van der Waals surface area (Å²) in [5.74, 6) is -0.248. The van der Waals surface area contributed by atoms with Gasteiger partial charge < -0.3 is 15.1 Å². The van der Waals surface area contributed by atoms with Crippen LogP contribution in [0.5, 0.6) is 0 Å². The lowest BCUT2D eigenvalue weighted by Gasteiger charge is -2.35. The van der Waals surface area contributed by atoms with Gasteiger partial charge in [-0.1, -0.05) is 23.4 Å². The number of piperazine rings is 1. The van der Waals surface area contributed by atoms with Crippen molar-refractivity contribution in [2.75, 3.05) is 38.1 Å². The molecule has 5 rings (SSSR count). The van der Waals surface area contributed by atoms with E-state index in [1.807, 2.05) is 31.3 Å². The normalized spacial score (nSPS) is 14.4. The van der Waals surface area contributed by atoms with Gasteiger partial charge in [-0.25, -0.2) is 14.3 Å². The molecule has 10 nitrogen and oxygen atoms in total. The largest absolute Gasteiger partial charge is 0.416 e. The maximum atomic E-state index is 13.4. The Morgan fingerprint density at radius 1 is 1.02 bits per heavy atom. The molecule has 1 fully saturated rings. The average molecular weight is 554 g/mol. The molecule has 13 heteroatoms. The van der Waals surface area contributed by atoms with E-state index in [-0.39, 0.29) is 18.9 Å². The number of halogens is 3. The minimum atomic E-state index is -4.46. The fourth-order valence-corrected chi connectivity index (χ4v) is 4.70. The third-order valence-corrected chi connectivity index (χ3v) is 6.92. The first-order valence-electron chi connectivity index (χ1n) is 13.0. The summed E-state index contributed by atoms with van der Waals surface area (Å²) in [7, 11) is 2.02. The molecule has 0 aliphatic carbocycles. The van der Waals surface area contributed by atoms with Crippen molar-refractivity contribution in [1.82, 2.24) is 40.0 Å². The Morgan fingerprint density at radius 2 is 1.82 bits per heavy atom. The number of carbonyl (C=O) groups is 1. The highest BCUT2D eigenvalue weighted by Gasteiger charge is 2.31. The third kappa shape index (κ3) is 6.65. The zero-order chi connectivity index (χ0) is 28.1. The minimum absolute atomic E-state index is 0.0147. The molecule has 0 radical (unpaired) electrons. The van der Waals surface area contributed by atoms with Crippen LogP contribution in [-0.4, -0.2) is 73.8 Å². The number of hydrogen-bond acceptors (Lipinski definition) is 7. The molecule has 1 aliphatic rings. The molecule has 1 saturated heterocycles. The van der Waals surface area contributed by atoms with E-state index in [0.29, 0.717) is 37.3 Å². The summed E-state index contributed by atoms with van der Waals surface area (Å²) in [4.78, 5) is 21.0. The van der Waals surface area contributed by atoms with Crippen molar-refractivity contribution < 1.29 is 18.0 Å². The van der Waals surface area contributed by atoms with Crippen LogP contribution in [0.1, 0.15) is 28.8 Å². The van der Waals surface area contributed by atoms with Gasteiger partial charge in [0.25, 0.3) is 0 Å². The van der Waals surface area contributed by atoms with E-state index in [4.69, 9.17) is 0 Å². The smallest absolute Gasteiger partial charge is 0.369 e. The Bertz CT molecular complexity index is 1430. The molecule has 0 spiro atoms. The number of rotatable bonds is 9. The lowest BCUT2D eigenvalue weighted by atomic mass is 10.1. The van der Waals surface area contributed by atoms with Crippen LogP contribution in [0.25, 0.3) is 5.69 Å². The van der Waals surface area contributed by atoms with Gasteiger partial charge in [0.05, 0.1) is 24.0 Å². The monoisotopic (exact) mass is 553 g/mol. The Hall–Kier alpha value is -4.26. The summed E-state index contributed by atoms with van der Waals surface area (Å²) >= 11 is 0. The Morgan fingerprint density at radius 3 is 2.58 bits per heavy atom. The molecular formula is C27H30F3N9O. The van der Waals surface area contributed by atoms with E-state index in [1.54, 1.807) is 21.9 Å². The van der Waals surface area contributed by atoms with Gasteiger partial charge in [0.15, 0.2) is 0 Å². The zero-order valence-electron chi connectivity index (χ0n) is 22.1. The highest BCUT2D eigenvalue weighted by atomic mass is 19.4. The fourth-order valence-electron chi connectivity index (χ4n) is 4.70. The number of likely N-dealkylation sites (N-methyl/N-ethyl adjacent to an activating group) is 1. The van der Waals surface area contributed by atoms with Crippen molar-refractivity contribution >= 4 is 11.6 Å². The number of alkyl halides is 3. The van der Waals surface area contributed by atoms with Crippen LogP contribution >= 0.6 is 0 Å². The van der Waals surface area contributed by atoms with Crippen molar-refractivity contribution in [2.24, 2.45) is 0 Å². The van der Waals surface area contributed by atoms with E-state index >= 15 is 0 Å². The number of amides is 1. The maximum absolute atomic E-state index is 13.4. The molecule has 2 aromatic heterocycles. The lowest BCUT2D eigenvalue weighted by molar-refractivity contribution is -0.137. The number of carbonyl (C=O) groups excluding carboxylic acids is 1. The van der Waals surface area contributed by atoms with E-state index in [9.17, 15) is 18.0 Å². The number of hydrogen-bond donors (Lipinski definition) is 1. The maximum Gasteiger partial charge on any atom is 0.416 e. The number of anilines is 1. The lowest BCUT2D eigenvalue weighted by Crippen LogP contribution is -2.45. The quantitative estimate of drug-likeness (QED) is 0.341. The highest BCUT2D eigenvalue weighted by Crippen LogP contribution is 2.33. The molecule has 1 aliphatic heterocycles. The van der Waals surface area contributed by atoms with E-state index < -0.39 is 11.7 Å². The van der Waals surface area contributed by atoms with Crippen molar-refractivity contribution in [3.8, 4) is 5.69 Å². The summed E-state index contributed by atoms with van der Waals surface area (Å²) < 4.78 is 43.6. The number of para-hydroxylation sites is 1. The molecule has 4 aromatic rings. The fraction of sp³-hybridized carbons (Fsp3) is 0.370. The number of aromatic nitrogens is 6. The van der Waals surface area contributed by atoms with Crippen LogP contribution < -0.4 is 10.2 Å². The van der Waals surface area contributed by atoms with Crippen LogP contribution in [0.3, 0.4) is 0 Å². The number of aryl methyl sites for hydroxylation is 1. The summed E-state index contributed by atoms with van der Waals surface area (Å²) in [5, 5.41) is 15.3. The van der Waals surface area contributed by atoms with Gasteiger partial charge >= 0.3 is 6.18 Å². The first kappa shape index (κ1) is 27.3. The van der Waals surface area contributed by atoms with Crippen LogP contribution in [0.4, 0.5) is 18.9 Å². The molecule has 210 valence electrons. The second-order valence-electron chi connectivity index (χ2n) is 9.78. The second-order valence-corrected chi connectivity index (χ2v) is 9.78. The van der Waals surface area contributed by atoms with Gasteiger partial charge in [-0.05, 0) is 48.9 Å². The third-order valence-electron chi connectivity index (χ3n) is 6.92. The Balaban J connectivity index is 1.24. The van der Waals surface area contributed by atoms with Crippen molar-refractivity contribution in [3.05, 3.63) is 83.7 Å². The summed E-state index contributed by atoms with van der Waals surface area (Å²) in [6, 6.07) is 11.3. The van der Waals surface area contributed by atoms with Gasteiger partial charge in [-0.3, -0.25) is 4.79 Å². The molecule has 1 N–H and O–H groups in total. The average Bonchev–Trinajstić information content (AvgIpc) is 3.63. The summed E-state index contributed by atoms with van der Waals surface area (Å²) in [6.07, 6.45) is 0.978. The van der Waals surface area contributed by atoms with Crippen molar-refractivity contribution in [1.29, 1.82) is 0 Å². The molecule has 0 atom stereocenters. The molecular weight excluding hydrogens is 523 g/mol. The molecule has 2 aromatic carbocycles. The van der Waals surface area contributed by atoms with Gasteiger partial charge in [0.1, 0.15) is 18.3 Å². The molecule has 0 bridgehead atoms. The van der Waals surface area contributed by atoms with Gasteiger partial charge in [-0.15, -0.1) is 5.10 Å². The standard InChI is InChI=1S/C27H30F3N9O/c1-36-10-12-37(13-11-36)24-8-7-22(27(28,29)30)14-21(24)15-32-26(40)9-6-20-4-2-3-5-25(20)39-17-23(34-35-39)16-38-19-31-18-33-38/h2-5,7-8,14,17-19H,6,9-13,15-16H2,1H3,(H,32,40). The molecule has 3 heterocycles. The second kappa shape index (κ2) is 11.9. The first-order valence-corrected chi connectivity index (χ1v) is 13.0. The highest BCUT2D eigenvalue weighted by molar-refractivity contribution is 5.76. The molecule has 0 unspecified atom stereocenters. The first-order chi connectivity index (χ1) is 19.3. The van der Waals surface area contributed by atoms with Crippen molar-refractivity contribution in [2.45, 2.75) is 32.1 Å². The Kier molecular flexibility index (Phi) is 8.10. The van der Waals surface area contributed by atoms with E-state index in [1.165, 1.54) is 12.4 Å². The molecule has 0 saturated carbocycles. The number of benzene rings is 2. The minimum Gasteiger partial charge on any atom is -0.369 e. The SMILES string of the molecule is CN1CCN(c2ccc(C(F)(F)F)cc2CNC(=O)CCc2ccccc2-n2cc(Cn3cncn3)nn2)CC1.